The Labute approximate surface area is 169 Å². The number of aromatic nitrogens is 2. The number of ether oxygens (including phenoxy) is 2. The summed E-state index contributed by atoms with van der Waals surface area (Å²) in [6, 6.07) is 12.5. The zero-order chi connectivity index (χ0) is 21.0. The van der Waals surface area contributed by atoms with Gasteiger partial charge in [-0.15, -0.1) is 0 Å². The molecule has 3 rings (SSSR count). The molecule has 7 nitrogen and oxygen atoms in total. The summed E-state index contributed by atoms with van der Waals surface area (Å²) in [7, 11) is 1.57. The number of amides is 1. The fourth-order valence-corrected chi connectivity index (χ4v) is 2.96. The number of carbonyl (C=O) groups is 2. The van der Waals surface area contributed by atoms with Crippen molar-refractivity contribution in [3.05, 3.63) is 71.0 Å². The molecule has 0 atom stereocenters. The van der Waals surface area contributed by atoms with Gasteiger partial charge in [0.15, 0.2) is 0 Å². The van der Waals surface area contributed by atoms with E-state index in [4.69, 9.17) is 9.47 Å². The van der Waals surface area contributed by atoms with Gasteiger partial charge in [-0.3, -0.25) is 4.79 Å². The highest BCUT2D eigenvalue weighted by atomic mass is 16.5. The number of benzene rings is 2. The maximum Gasteiger partial charge on any atom is 0.341 e. The second-order valence-electron chi connectivity index (χ2n) is 6.46. The van der Waals surface area contributed by atoms with Crippen molar-refractivity contribution in [3.8, 4) is 11.4 Å². The Hall–Kier alpha value is -3.61. The number of hydrogen-bond donors (Lipinski definition) is 1. The fourth-order valence-electron chi connectivity index (χ4n) is 2.96. The SMILES string of the molecule is CCOC(=O)c1cnn(-c2cccc(NC(=O)c3ccc(C)c(OC)c3)c2)c1C. The van der Waals surface area contributed by atoms with Crippen LogP contribution in [0.3, 0.4) is 0 Å². The fraction of sp³-hybridized carbons (Fsp3) is 0.227. The number of methoxy groups -OCH3 is 1. The van der Waals surface area contributed by atoms with Crippen LogP contribution in [0.4, 0.5) is 5.69 Å². The van der Waals surface area contributed by atoms with Crippen molar-refractivity contribution in [1.82, 2.24) is 9.78 Å². The van der Waals surface area contributed by atoms with E-state index in [2.05, 4.69) is 10.4 Å². The molecule has 0 aliphatic heterocycles. The Morgan fingerprint density at radius 3 is 2.66 bits per heavy atom. The highest BCUT2D eigenvalue weighted by molar-refractivity contribution is 6.04. The number of carbonyl (C=O) groups excluding carboxylic acids is 2. The maximum atomic E-state index is 12.6. The maximum absolute atomic E-state index is 12.6. The van der Waals surface area contributed by atoms with Crippen LogP contribution in [0.25, 0.3) is 5.69 Å². The van der Waals surface area contributed by atoms with Gasteiger partial charge >= 0.3 is 5.97 Å². The first kappa shape index (κ1) is 20.1. The summed E-state index contributed by atoms with van der Waals surface area (Å²) in [5.41, 5.74) is 3.86. The molecule has 1 aromatic heterocycles. The van der Waals surface area contributed by atoms with E-state index in [0.29, 0.717) is 34.9 Å². The van der Waals surface area contributed by atoms with Crippen molar-refractivity contribution >= 4 is 17.6 Å². The van der Waals surface area contributed by atoms with Gasteiger partial charge in [0.1, 0.15) is 11.3 Å². The standard InChI is InChI=1S/C22H23N3O4/c1-5-29-22(27)19-13-23-25(15(19)3)18-8-6-7-17(12-18)24-21(26)16-10-9-14(2)20(11-16)28-4/h6-13H,5H2,1-4H3,(H,24,26). The molecular formula is C22H23N3O4. The van der Waals surface area contributed by atoms with Crippen LogP contribution in [-0.2, 0) is 4.74 Å². The predicted octanol–water partition coefficient (Wildman–Crippen LogP) is 3.93. The normalized spacial score (nSPS) is 10.5. The molecule has 2 aromatic carbocycles. The van der Waals surface area contributed by atoms with Gasteiger partial charge in [0.25, 0.3) is 5.91 Å². The van der Waals surface area contributed by atoms with Crippen LogP contribution >= 0.6 is 0 Å². The van der Waals surface area contributed by atoms with E-state index in [-0.39, 0.29) is 5.91 Å². The third-order valence-electron chi connectivity index (χ3n) is 4.52. The first-order valence-electron chi connectivity index (χ1n) is 9.22. The van der Waals surface area contributed by atoms with Crippen molar-refractivity contribution < 1.29 is 19.1 Å². The summed E-state index contributed by atoms with van der Waals surface area (Å²) in [5, 5.41) is 7.17. The van der Waals surface area contributed by atoms with Gasteiger partial charge in [0.05, 0.1) is 31.3 Å². The van der Waals surface area contributed by atoms with Crippen molar-refractivity contribution in [2.24, 2.45) is 0 Å². The summed E-state index contributed by atoms with van der Waals surface area (Å²) in [6.45, 7) is 5.77. The molecule has 3 aromatic rings. The lowest BCUT2D eigenvalue weighted by atomic mass is 10.1. The van der Waals surface area contributed by atoms with E-state index in [1.807, 2.05) is 25.1 Å². The Balaban J connectivity index is 1.83. The van der Waals surface area contributed by atoms with Crippen molar-refractivity contribution in [3.63, 3.8) is 0 Å². The van der Waals surface area contributed by atoms with E-state index in [1.54, 1.807) is 49.9 Å². The summed E-state index contributed by atoms with van der Waals surface area (Å²) in [5.74, 6) is 0.00365. The lowest BCUT2D eigenvalue weighted by molar-refractivity contribution is 0.0525. The molecule has 0 aliphatic carbocycles. The minimum atomic E-state index is -0.408. The van der Waals surface area contributed by atoms with Gasteiger partial charge in [-0.2, -0.15) is 5.10 Å². The first-order chi connectivity index (χ1) is 13.9. The molecule has 0 bridgehead atoms. The quantitative estimate of drug-likeness (QED) is 0.642. The van der Waals surface area contributed by atoms with Crippen LogP contribution in [0.2, 0.25) is 0 Å². The second-order valence-corrected chi connectivity index (χ2v) is 6.46. The zero-order valence-corrected chi connectivity index (χ0v) is 16.9. The van der Waals surface area contributed by atoms with Crippen LogP contribution in [0.5, 0.6) is 5.75 Å². The number of anilines is 1. The molecule has 0 aliphatic rings. The smallest absolute Gasteiger partial charge is 0.341 e. The number of rotatable bonds is 6. The van der Waals surface area contributed by atoms with Crippen molar-refractivity contribution in [1.29, 1.82) is 0 Å². The summed E-state index contributed by atoms with van der Waals surface area (Å²) in [6.07, 6.45) is 1.48. The largest absolute Gasteiger partial charge is 0.496 e. The monoisotopic (exact) mass is 393 g/mol. The minimum Gasteiger partial charge on any atom is -0.496 e. The third-order valence-corrected chi connectivity index (χ3v) is 4.52. The lowest BCUT2D eigenvalue weighted by Crippen LogP contribution is -2.12. The van der Waals surface area contributed by atoms with Crippen LogP contribution < -0.4 is 10.1 Å². The first-order valence-corrected chi connectivity index (χ1v) is 9.22. The van der Waals surface area contributed by atoms with Crippen LogP contribution in [0.1, 0.15) is 38.9 Å². The van der Waals surface area contributed by atoms with Gasteiger partial charge < -0.3 is 14.8 Å². The van der Waals surface area contributed by atoms with Gasteiger partial charge in [-0.25, -0.2) is 9.48 Å². The molecule has 0 spiro atoms. The lowest BCUT2D eigenvalue weighted by Gasteiger charge is -2.11. The predicted molar refractivity (Wildman–Crippen MR) is 110 cm³/mol. The molecule has 7 heteroatoms. The molecular weight excluding hydrogens is 370 g/mol. The van der Waals surface area contributed by atoms with E-state index in [0.717, 1.165) is 11.3 Å². The number of nitrogens with zero attached hydrogens (tertiary/aromatic N) is 2. The van der Waals surface area contributed by atoms with Crippen LogP contribution in [-0.4, -0.2) is 35.4 Å². The zero-order valence-electron chi connectivity index (χ0n) is 16.9. The minimum absolute atomic E-state index is 0.246. The highest BCUT2D eigenvalue weighted by Gasteiger charge is 2.16. The molecule has 150 valence electrons. The Morgan fingerprint density at radius 1 is 1.14 bits per heavy atom. The highest BCUT2D eigenvalue weighted by Crippen LogP contribution is 2.22. The van der Waals surface area contributed by atoms with E-state index < -0.39 is 5.97 Å². The number of esters is 1. The molecule has 1 N–H and O–H groups in total. The molecule has 0 unspecified atom stereocenters. The molecule has 0 radical (unpaired) electrons. The Kier molecular flexibility index (Phi) is 5.97. The summed E-state index contributed by atoms with van der Waals surface area (Å²) < 4.78 is 12.0. The third kappa shape index (κ3) is 4.29. The summed E-state index contributed by atoms with van der Waals surface area (Å²) in [4.78, 5) is 24.6. The Bertz CT molecular complexity index is 1060. The Morgan fingerprint density at radius 2 is 1.93 bits per heavy atom. The number of aryl methyl sites for hydroxylation is 1. The topological polar surface area (TPSA) is 82.5 Å². The van der Waals surface area contributed by atoms with Crippen molar-refractivity contribution in [2.45, 2.75) is 20.8 Å². The van der Waals surface area contributed by atoms with Gasteiger partial charge in [-0.1, -0.05) is 12.1 Å². The van der Waals surface area contributed by atoms with E-state index >= 15 is 0 Å². The number of hydrogen-bond acceptors (Lipinski definition) is 5. The molecule has 1 amide bonds. The average Bonchev–Trinajstić information content (AvgIpc) is 3.10. The molecule has 0 saturated heterocycles. The molecule has 1 heterocycles. The molecule has 0 fully saturated rings. The van der Waals surface area contributed by atoms with Gasteiger partial charge in [0, 0.05) is 11.3 Å². The van der Waals surface area contributed by atoms with Gasteiger partial charge in [-0.05, 0) is 56.7 Å². The average molecular weight is 393 g/mol. The summed E-state index contributed by atoms with van der Waals surface area (Å²) >= 11 is 0. The van der Waals surface area contributed by atoms with E-state index in [9.17, 15) is 9.59 Å². The molecule has 29 heavy (non-hydrogen) atoms. The molecule has 0 saturated carbocycles. The second kappa shape index (κ2) is 8.60. The van der Waals surface area contributed by atoms with E-state index in [1.165, 1.54) is 6.20 Å². The van der Waals surface area contributed by atoms with Crippen molar-refractivity contribution in [2.75, 3.05) is 19.0 Å². The number of nitrogens with one attached hydrogen (secondary N) is 1. The van der Waals surface area contributed by atoms with Crippen LogP contribution in [0, 0.1) is 13.8 Å². The van der Waals surface area contributed by atoms with Crippen LogP contribution in [0.15, 0.2) is 48.7 Å². The van der Waals surface area contributed by atoms with Gasteiger partial charge in [0.2, 0.25) is 0 Å².